The van der Waals surface area contributed by atoms with Crippen LogP contribution in [-0.2, 0) is 0 Å². The average Bonchev–Trinajstić information content (AvgIpc) is 2.54. The Morgan fingerprint density at radius 1 is 0.583 bits per heavy atom. The molecule has 0 N–H and O–H groups in total. The molecular weight excluding hydrogens is 358 g/mol. The first-order chi connectivity index (χ1) is 11.1. The van der Waals surface area contributed by atoms with E-state index in [0.29, 0.717) is 0 Å². The zero-order valence-electron chi connectivity index (χ0n) is 17.3. The van der Waals surface area contributed by atoms with Crippen molar-refractivity contribution in [1.82, 2.24) is 0 Å². The van der Waals surface area contributed by atoms with Gasteiger partial charge >= 0.3 is 0 Å². The van der Waals surface area contributed by atoms with Crippen LogP contribution in [0.25, 0.3) is 0 Å². The highest BCUT2D eigenvalue weighted by Crippen LogP contribution is 2.10. The van der Waals surface area contributed by atoms with Crippen molar-refractivity contribution in [3.8, 4) is 0 Å². The molecule has 0 unspecified atom stereocenters. The van der Waals surface area contributed by atoms with E-state index < -0.39 is 0 Å². The standard InChI is InChI=1S/C22H46N.BrH/c1-5-7-8-9-10-11-12-13-14-15-16-17-18-19-20-21-22-23(3,4)6-2;/h13-14H,5-12,15-22H2,1-4H3;1H/q+1;/p-1/b14-13+;. The van der Waals surface area contributed by atoms with Crippen molar-refractivity contribution < 1.29 is 21.5 Å². The number of halogens is 1. The zero-order valence-corrected chi connectivity index (χ0v) is 18.9. The van der Waals surface area contributed by atoms with Gasteiger partial charge in [-0.1, -0.05) is 70.4 Å². The van der Waals surface area contributed by atoms with E-state index in [1.54, 1.807) is 0 Å². The Bertz CT molecular complexity index is 261. The summed E-state index contributed by atoms with van der Waals surface area (Å²) in [5.41, 5.74) is 0. The molecular formula is C22H46BrN. The first-order valence-corrected chi connectivity index (χ1v) is 10.6. The molecule has 0 saturated carbocycles. The maximum atomic E-state index is 2.42. The van der Waals surface area contributed by atoms with E-state index in [4.69, 9.17) is 0 Å². The van der Waals surface area contributed by atoms with Gasteiger partial charge in [0.05, 0.1) is 27.2 Å². The Balaban J connectivity index is 0. The van der Waals surface area contributed by atoms with Gasteiger partial charge in [0.15, 0.2) is 0 Å². The predicted octanol–water partition coefficient (Wildman–Crippen LogP) is 4.12. The molecule has 1 nitrogen and oxygen atoms in total. The fraction of sp³-hybridized carbons (Fsp3) is 0.909. The van der Waals surface area contributed by atoms with Crippen molar-refractivity contribution in [3.05, 3.63) is 12.2 Å². The van der Waals surface area contributed by atoms with Crippen LogP contribution in [0.5, 0.6) is 0 Å². The van der Waals surface area contributed by atoms with E-state index in [9.17, 15) is 0 Å². The summed E-state index contributed by atoms with van der Waals surface area (Å²) in [5, 5.41) is 0. The fourth-order valence-corrected chi connectivity index (χ4v) is 2.95. The molecule has 0 heterocycles. The second-order valence-corrected chi connectivity index (χ2v) is 7.91. The molecule has 0 spiro atoms. The molecule has 0 aromatic rings. The van der Waals surface area contributed by atoms with Gasteiger partial charge in [-0.25, -0.2) is 0 Å². The van der Waals surface area contributed by atoms with Crippen LogP contribution >= 0.6 is 0 Å². The topological polar surface area (TPSA) is 0 Å². The van der Waals surface area contributed by atoms with Gasteiger partial charge in [0.25, 0.3) is 0 Å². The Labute approximate surface area is 164 Å². The second-order valence-electron chi connectivity index (χ2n) is 7.91. The SMILES string of the molecule is CCCCCCCC/C=C/CCCCCCCC[N+](C)(C)CC.[Br-]. The summed E-state index contributed by atoms with van der Waals surface area (Å²) in [6.07, 6.45) is 24.4. The van der Waals surface area contributed by atoms with Crippen LogP contribution < -0.4 is 17.0 Å². The van der Waals surface area contributed by atoms with Crippen molar-refractivity contribution in [2.45, 2.75) is 104 Å². The van der Waals surface area contributed by atoms with Crippen LogP contribution in [0.3, 0.4) is 0 Å². The van der Waals surface area contributed by atoms with Crippen molar-refractivity contribution in [3.63, 3.8) is 0 Å². The Morgan fingerprint density at radius 3 is 1.46 bits per heavy atom. The molecule has 24 heavy (non-hydrogen) atoms. The van der Waals surface area contributed by atoms with Gasteiger partial charge in [0.1, 0.15) is 0 Å². The van der Waals surface area contributed by atoms with Crippen LogP contribution in [0.1, 0.15) is 104 Å². The van der Waals surface area contributed by atoms with Gasteiger partial charge in [0, 0.05) is 0 Å². The minimum absolute atomic E-state index is 0. The summed E-state index contributed by atoms with van der Waals surface area (Å²) >= 11 is 0. The highest BCUT2D eigenvalue weighted by Gasteiger charge is 2.09. The van der Waals surface area contributed by atoms with Crippen molar-refractivity contribution in [2.24, 2.45) is 0 Å². The third-order valence-corrected chi connectivity index (χ3v) is 5.13. The van der Waals surface area contributed by atoms with Gasteiger partial charge in [-0.15, -0.1) is 0 Å². The Morgan fingerprint density at radius 2 is 1.00 bits per heavy atom. The lowest BCUT2D eigenvalue weighted by Crippen LogP contribution is -3.00. The van der Waals surface area contributed by atoms with Crippen LogP contribution in [0.2, 0.25) is 0 Å². The number of nitrogens with zero attached hydrogens (tertiary/aromatic N) is 1. The van der Waals surface area contributed by atoms with Crippen molar-refractivity contribution in [1.29, 1.82) is 0 Å². The highest BCUT2D eigenvalue weighted by atomic mass is 79.9. The summed E-state index contributed by atoms with van der Waals surface area (Å²) in [4.78, 5) is 0. The van der Waals surface area contributed by atoms with Crippen molar-refractivity contribution in [2.75, 3.05) is 27.2 Å². The van der Waals surface area contributed by atoms with E-state index in [1.165, 1.54) is 107 Å². The molecule has 0 fully saturated rings. The molecule has 2 heteroatoms. The van der Waals surface area contributed by atoms with Crippen LogP contribution in [0.4, 0.5) is 0 Å². The van der Waals surface area contributed by atoms with Crippen molar-refractivity contribution >= 4 is 0 Å². The molecule has 0 radical (unpaired) electrons. The van der Waals surface area contributed by atoms with Gasteiger partial charge in [0.2, 0.25) is 0 Å². The predicted molar refractivity (Wildman–Crippen MR) is 107 cm³/mol. The number of quaternary nitrogens is 1. The van der Waals surface area contributed by atoms with E-state index in [1.807, 2.05) is 0 Å². The summed E-state index contributed by atoms with van der Waals surface area (Å²) in [7, 11) is 4.69. The molecule has 0 aliphatic rings. The smallest absolute Gasteiger partial charge is 0.0782 e. The molecule has 0 saturated heterocycles. The van der Waals surface area contributed by atoms with Gasteiger partial charge in [-0.05, 0) is 45.4 Å². The largest absolute Gasteiger partial charge is 1.00 e. The van der Waals surface area contributed by atoms with E-state index in [0.717, 1.165) is 0 Å². The fourth-order valence-electron chi connectivity index (χ4n) is 2.95. The summed E-state index contributed by atoms with van der Waals surface area (Å²) in [6.45, 7) is 7.18. The summed E-state index contributed by atoms with van der Waals surface area (Å²) in [6, 6.07) is 0. The third kappa shape index (κ3) is 20.2. The quantitative estimate of drug-likeness (QED) is 0.194. The lowest BCUT2D eigenvalue weighted by atomic mass is 10.1. The van der Waals surface area contributed by atoms with E-state index in [2.05, 4.69) is 40.1 Å². The summed E-state index contributed by atoms with van der Waals surface area (Å²) < 4.78 is 1.18. The normalized spacial score (nSPS) is 11.8. The van der Waals surface area contributed by atoms with E-state index >= 15 is 0 Å². The molecule has 0 atom stereocenters. The lowest BCUT2D eigenvalue weighted by Gasteiger charge is -2.28. The number of hydrogen-bond acceptors (Lipinski definition) is 0. The number of rotatable bonds is 17. The van der Waals surface area contributed by atoms with Crippen LogP contribution in [0.15, 0.2) is 12.2 Å². The number of hydrogen-bond donors (Lipinski definition) is 0. The molecule has 0 aromatic heterocycles. The summed E-state index contributed by atoms with van der Waals surface area (Å²) in [5.74, 6) is 0. The van der Waals surface area contributed by atoms with Gasteiger partial charge < -0.3 is 21.5 Å². The second kappa shape index (κ2) is 19.5. The molecule has 0 bridgehead atoms. The molecule has 0 rings (SSSR count). The first-order valence-electron chi connectivity index (χ1n) is 10.6. The first kappa shape index (κ1) is 26.4. The molecule has 146 valence electrons. The van der Waals surface area contributed by atoms with Gasteiger partial charge in [-0.3, -0.25) is 0 Å². The van der Waals surface area contributed by atoms with Gasteiger partial charge in [-0.2, -0.15) is 0 Å². The minimum Gasteiger partial charge on any atom is -1.00 e. The minimum atomic E-state index is 0. The maximum Gasteiger partial charge on any atom is 0.0782 e. The Hall–Kier alpha value is 0.180. The molecule has 0 aromatic carbocycles. The molecule has 0 aliphatic heterocycles. The van der Waals surface area contributed by atoms with Crippen LogP contribution in [-0.4, -0.2) is 31.7 Å². The molecule has 0 amide bonds. The Kier molecular flexibility index (Phi) is 21.5. The lowest BCUT2D eigenvalue weighted by molar-refractivity contribution is -0.888. The van der Waals surface area contributed by atoms with Crippen LogP contribution in [0, 0.1) is 0 Å². The number of allylic oxidation sites excluding steroid dienone is 2. The third-order valence-electron chi connectivity index (χ3n) is 5.13. The highest BCUT2D eigenvalue weighted by molar-refractivity contribution is 4.81. The number of unbranched alkanes of at least 4 members (excludes halogenated alkanes) is 12. The molecule has 0 aliphatic carbocycles. The maximum absolute atomic E-state index is 2.42. The zero-order chi connectivity index (χ0) is 17.2. The monoisotopic (exact) mass is 403 g/mol. The van der Waals surface area contributed by atoms with E-state index in [-0.39, 0.29) is 17.0 Å². The average molecular weight is 405 g/mol.